The number of nitrogens with one attached hydrogen (secondary N) is 1. The van der Waals surface area contributed by atoms with E-state index in [0.717, 1.165) is 31.7 Å². The van der Waals surface area contributed by atoms with Crippen molar-refractivity contribution in [2.75, 3.05) is 13.1 Å². The van der Waals surface area contributed by atoms with E-state index in [9.17, 15) is 4.79 Å². The Labute approximate surface area is 135 Å². The van der Waals surface area contributed by atoms with E-state index in [1.807, 2.05) is 0 Å². The average molecular weight is 318 g/mol. The second kappa shape index (κ2) is 8.96. The van der Waals surface area contributed by atoms with Gasteiger partial charge in [-0.05, 0) is 57.9 Å². The molecule has 2 fully saturated rings. The molecule has 2 rings (SSSR count). The summed E-state index contributed by atoms with van der Waals surface area (Å²) in [5, 5.41) is 3.22. The van der Waals surface area contributed by atoms with E-state index in [-0.39, 0.29) is 24.4 Å². The summed E-state index contributed by atoms with van der Waals surface area (Å²) in [4.78, 5) is 14.5. The molecule has 1 aliphatic heterocycles. The highest BCUT2D eigenvalue weighted by Gasteiger charge is 2.27. The second-order valence-electron chi connectivity index (χ2n) is 6.92. The molecule has 124 valence electrons. The van der Waals surface area contributed by atoms with Crippen LogP contribution in [0.3, 0.4) is 0 Å². The van der Waals surface area contributed by atoms with Gasteiger partial charge in [0.2, 0.25) is 5.91 Å². The number of piperidine rings is 1. The summed E-state index contributed by atoms with van der Waals surface area (Å²) in [6, 6.07) is 0.928. The quantitative estimate of drug-likeness (QED) is 0.836. The van der Waals surface area contributed by atoms with Gasteiger partial charge >= 0.3 is 0 Å². The molecule has 4 nitrogen and oxygen atoms in total. The maximum atomic E-state index is 12.2. The third-order valence-corrected chi connectivity index (χ3v) is 5.00. The van der Waals surface area contributed by atoms with E-state index in [0.29, 0.717) is 18.6 Å². The van der Waals surface area contributed by atoms with E-state index in [1.54, 1.807) is 0 Å². The van der Waals surface area contributed by atoms with Crippen LogP contribution >= 0.6 is 12.4 Å². The summed E-state index contributed by atoms with van der Waals surface area (Å²) >= 11 is 0. The lowest BCUT2D eigenvalue weighted by molar-refractivity contribution is -0.124. The number of carbonyl (C=O) groups is 1. The van der Waals surface area contributed by atoms with Crippen LogP contribution in [0.1, 0.15) is 58.8 Å². The fraction of sp³-hybridized carbons (Fsp3) is 0.938. The van der Waals surface area contributed by atoms with Crippen molar-refractivity contribution in [3.63, 3.8) is 0 Å². The third kappa shape index (κ3) is 5.76. The zero-order valence-electron chi connectivity index (χ0n) is 13.5. The molecule has 1 saturated carbocycles. The SMILES string of the molecule is CC1CCC(NC(=O)CN2CCCCC2C(C)N)CC1.Cl. The molecule has 1 saturated heterocycles. The van der Waals surface area contributed by atoms with Gasteiger partial charge in [-0.3, -0.25) is 9.69 Å². The first kappa shape index (κ1) is 18.7. The van der Waals surface area contributed by atoms with Crippen molar-refractivity contribution in [1.82, 2.24) is 10.2 Å². The Morgan fingerprint density at radius 3 is 2.52 bits per heavy atom. The molecule has 21 heavy (non-hydrogen) atoms. The van der Waals surface area contributed by atoms with Crippen molar-refractivity contribution < 1.29 is 4.79 Å². The fourth-order valence-corrected chi connectivity index (χ4v) is 3.67. The number of hydrogen-bond acceptors (Lipinski definition) is 3. The maximum Gasteiger partial charge on any atom is 0.234 e. The summed E-state index contributed by atoms with van der Waals surface area (Å²) in [6.07, 6.45) is 8.34. The van der Waals surface area contributed by atoms with Gasteiger partial charge < -0.3 is 11.1 Å². The summed E-state index contributed by atoms with van der Waals surface area (Å²) < 4.78 is 0. The molecule has 0 aromatic rings. The summed E-state index contributed by atoms with van der Waals surface area (Å²) in [7, 11) is 0. The molecule has 1 aliphatic carbocycles. The number of likely N-dealkylation sites (tertiary alicyclic amines) is 1. The highest BCUT2D eigenvalue weighted by Crippen LogP contribution is 2.23. The zero-order chi connectivity index (χ0) is 14.5. The van der Waals surface area contributed by atoms with Gasteiger partial charge in [-0.2, -0.15) is 0 Å². The average Bonchev–Trinajstić information content (AvgIpc) is 2.41. The number of nitrogens with zero attached hydrogens (tertiary/aromatic N) is 1. The molecule has 0 spiro atoms. The number of hydrogen-bond donors (Lipinski definition) is 2. The van der Waals surface area contributed by atoms with Gasteiger partial charge in [0.15, 0.2) is 0 Å². The van der Waals surface area contributed by atoms with Gasteiger partial charge in [0.25, 0.3) is 0 Å². The number of nitrogens with two attached hydrogens (primary N) is 1. The van der Waals surface area contributed by atoms with Gasteiger partial charge in [0.1, 0.15) is 0 Å². The molecule has 5 heteroatoms. The van der Waals surface area contributed by atoms with Crippen LogP contribution in [0, 0.1) is 5.92 Å². The van der Waals surface area contributed by atoms with Crippen LogP contribution in [0.25, 0.3) is 0 Å². The number of carbonyl (C=O) groups excluding carboxylic acids is 1. The van der Waals surface area contributed by atoms with Crippen LogP contribution in [-0.2, 0) is 4.79 Å². The van der Waals surface area contributed by atoms with Gasteiger partial charge in [-0.1, -0.05) is 13.3 Å². The van der Waals surface area contributed by atoms with Crippen LogP contribution in [0.2, 0.25) is 0 Å². The minimum absolute atomic E-state index is 0. The van der Waals surface area contributed by atoms with Crippen molar-refractivity contribution in [3.05, 3.63) is 0 Å². The van der Waals surface area contributed by atoms with Crippen LogP contribution in [0.4, 0.5) is 0 Å². The predicted octanol–water partition coefficient (Wildman–Crippen LogP) is 2.30. The molecule has 0 aromatic carbocycles. The molecule has 2 atom stereocenters. The van der Waals surface area contributed by atoms with Gasteiger partial charge in [-0.15, -0.1) is 12.4 Å². The first-order valence-electron chi connectivity index (χ1n) is 8.35. The molecule has 1 amide bonds. The first-order chi connectivity index (χ1) is 9.56. The van der Waals surface area contributed by atoms with Gasteiger partial charge in [-0.25, -0.2) is 0 Å². The highest BCUT2D eigenvalue weighted by atomic mass is 35.5. The zero-order valence-corrected chi connectivity index (χ0v) is 14.3. The topological polar surface area (TPSA) is 58.4 Å². The van der Waals surface area contributed by atoms with E-state index < -0.39 is 0 Å². The molecule has 0 aromatic heterocycles. The van der Waals surface area contributed by atoms with Crippen LogP contribution < -0.4 is 11.1 Å². The van der Waals surface area contributed by atoms with E-state index >= 15 is 0 Å². The fourth-order valence-electron chi connectivity index (χ4n) is 3.67. The normalized spacial score (nSPS) is 32.0. The summed E-state index contributed by atoms with van der Waals surface area (Å²) in [5.41, 5.74) is 6.06. The Morgan fingerprint density at radius 1 is 1.24 bits per heavy atom. The number of rotatable bonds is 4. The highest BCUT2D eigenvalue weighted by molar-refractivity contribution is 5.85. The molecule has 0 radical (unpaired) electrons. The Kier molecular flexibility index (Phi) is 7.99. The maximum absolute atomic E-state index is 12.2. The van der Waals surface area contributed by atoms with Gasteiger partial charge in [0.05, 0.1) is 6.54 Å². The summed E-state index contributed by atoms with van der Waals surface area (Å²) in [6.45, 7) is 5.90. The minimum atomic E-state index is 0. The lowest BCUT2D eigenvalue weighted by Crippen LogP contribution is -2.53. The van der Waals surface area contributed by atoms with Crippen molar-refractivity contribution in [2.45, 2.75) is 76.9 Å². The molecular weight excluding hydrogens is 286 g/mol. The van der Waals surface area contributed by atoms with Gasteiger partial charge in [0, 0.05) is 18.1 Å². The Morgan fingerprint density at radius 2 is 1.90 bits per heavy atom. The Hall–Kier alpha value is -0.320. The van der Waals surface area contributed by atoms with Crippen molar-refractivity contribution in [2.24, 2.45) is 11.7 Å². The smallest absolute Gasteiger partial charge is 0.234 e. The lowest BCUT2D eigenvalue weighted by atomic mass is 9.87. The van der Waals surface area contributed by atoms with Crippen LogP contribution in [0.15, 0.2) is 0 Å². The molecule has 1 heterocycles. The first-order valence-corrected chi connectivity index (χ1v) is 8.35. The molecule has 3 N–H and O–H groups in total. The van der Waals surface area contributed by atoms with Crippen molar-refractivity contribution >= 4 is 18.3 Å². The van der Waals surface area contributed by atoms with E-state index in [2.05, 4.69) is 24.1 Å². The predicted molar refractivity (Wildman–Crippen MR) is 89.7 cm³/mol. The van der Waals surface area contributed by atoms with E-state index in [1.165, 1.54) is 25.7 Å². The summed E-state index contributed by atoms with van der Waals surface area (Å²) in [5.74, 6) is 1.02. The minimum Gasteiger partial charge on any atom is -0.352 e. The molecule has 2 unspecified atom stereocenters. The second-order valence-corrected chi connectivity index (χ2v) is 6.92. The molecular formula is C16H32ClN3O. The van der Waals surface area contributed by atoms with E-state index in [4.69, 9.17) is 5.73 Å². The lowest BCUT2D eigenvalue weighted by Gasteiger charge is -2.38. The third-order valence-electron chi connectivity index (χ3n) is 5.00. The molecule has 0 bridgehead atoms. The standard InChI is InChI=1S/C16H31N3O.ClH/c1-12-6-8-14(9-7-12)18-16(20)11-19-10-4-3-5-15(19)13(2)17;/h12-15H,3-11,17H2,1-2H3,(H,18,20);1H. The monoisotopic (exact) mass is 317 g/mol. The number of amides is 1. The Balaban J connectivity index is 0.00000220. The van der Waals surface area contributed by atoms with Crippen LogP contribution in [0.5, 0.6) is 0 Å². The number of halogens is 1. The molecule has 2 aliphatic rings. The largest absolute Gasteiger partial charge is 0.352 e. The van der Waals surface area contributed by atoms with Crippen LogP contribution in [-0.4, -0.2) is 42.0 Å². The van der Waals surface area contributed by atoms with Crippen molar-refractivity contribution in [1.29, 1.82) is 0 Å². The Bertz CT molecular complexity index is 317. The van der Waals surface area contributed by atoms with Crippen molar-refractivity contribution in [3.8, 4) is 0 Å².